The maximum absolute atomic E-state index is 13.0. The van der Waals surface area contributed by atoms with Crippen LogP contribution in [0.25, 0.3) is 0 Å². The van der Waals surface area contributed by atoms with Gasteiger partial charge in [0.2, 0.25) is 5.91 Å². The number of nitrogens with one attached hydrogen (secondary N) is 2. The fourth-order valence-corrected chi connectivity index (χ4v) is 4.12. The van der Waals surface area contributed by atoms with E-state index in [4.69, 9.17) is 0 Å². The van der Waals surface area contributed by atoms with Crippen molar-refractivity contribution in [2.24, 2.45) is 0 Å². The SMILES string of the molecule is Cc1ccc(C(C)NC(=O)CN2C(=O)NC(C)(c3ccccc3Br)C2=O)cc1C. The number of carbonyl (C=O) groups is 3. The van der Waals surface area contributed by atoms with Crippen LogP contribution in [0.1, 0.15) is 42.1 Å². The fraction of sp³-hybridized carbons (Fsp3) is 0.318. The van der Waals surface area contributed by atoms with Crippen LogP contribution in [0.3, 0.4) is 0 Å². The van der Waals surface area contributed by atoms with Crippen molar-refractivity contribution in [2.75, 3.05) is 6.54 Å². The number of carbonyl (C=O) groups excluding carboxylic acids is 3. The first-order valence-electron chi connectivity index (χ1n) is 9.39. The maximum atomic E-state index is 13.0. The predicted octanol–water partition coefficient (Wildman–Crippen LogP) is 3.71. The zero-order valence-electron chi connectivity index (χ0n) is 16.9. The molecule has 152 valence electrons. The molecule has 1 fully saturated rings. The van der Waals surface area contributed by atoms with Crippen LogP contribution in [0.15, 0.2) is 46.9 Å². The third-order valence-corrected chi connectivity index (χ3v) is 6.09. The van der Waals surface area contributed by atoms with Crippen LogP contribution in [0.2, 0.25) is 0 Å². The summed E-state index contributed by atoms with van der Waals surface area (Å²) < 4.78 is 0.714. The van der Waals surface area contributed by atoms with E-state index in [0.29, 0.717) is 10.0 Å². The second kappa shape index (κ2) is 7.99. The Hall–Kier alpha value is -2.67. The zero-order valence-corrected chi connectivity index (χ0v) is 18.5. The van der Waals surface area contributed by atoms with E-state index < -0.39 is 23.4 Å². The lowest BCUT2D eigenvalue weighted by Crippen LogP contribution is -2.43. The molecule has 0 aromatic heterocycles. The van der Waals surface area contributed by atoms with Gasteiger partial charge in [-0.05, 0) is 50.5 Å². The number of nitrogens with zero attached hydrogens (tertiary/aromatic N) is 1. The number of aryl methyl sites for hydroxylation is 2. The molecule has 0 bridgehead atoms. The number of hydrogen-bond acceptors (Lipinski definition) is 3. The molecule has 29 heavy (non-hydrogen) atoms. The van der Waals surface area contributed by atoms with Crippen LogP contribution in [-0.4, -0.2) is 29.3 Å². The van der Waals surface area contributed by atoms with E-state index in [1.165, 1.54) is 5.56 Å². The van der Waals surface area contributed by atoms with E-state index in [-0.39, 0.29) is 12.6 Å². The molecule has 1 aliphatic heterocycles. The fourth-order valence-electron chi connectivity index (χ4n) is 3.44. The molecule has 3 rings (SSSR count). The Morgan fingerprint density at radius 3 is 2.52 bits per heavy atom. The van der Waals surface area contributed by atoms with E-state index in [1.54, 1.807) is 25.1 Å². The highest BCUT2D eigenvalue weighted by atomic mass is 79.9. The molecule has 0 aliphatic carbocycles. The van der Waals surface area contributed by atoms with Gasteiger partial charge in [0, 0.05) is 10.0 Å². The summed E-state index contributed by atoms with van der Waals surface area (Å²) in [6.07, 6.45) is 0. The van der Waals surface area contributed by atoms with Crippen molar-refractivity contribution in [2.45, 2.75) is 39.3 Å². The summed E-state index contributed by atoms with van der Waals surface area (Å²) in [5, 5.41) is 5.59. The molecule has 4 amide bonds. The van der Waals surface area contributed by atoms with E-state index in [2.05, 4.69) is 26.6 Å². The normalized spacial score (nSPS) is 19.8. The molecule has 0 radical (unpaired) electrons. The molecule has 1 saturated heterocycles. The van der Waals surface area contributed by atoms with Crippen molar-refractivity contribution in [1.29, 1.82) is 0 Å². The average Bonchev–Trinajstić information content (AvgIpc) is 2.88. The molecule has 0 spiro atoms. The van der Waals surface area contributed by atoms with Crippen LogP contribution in [0.4, 0.5) is 4.79 Å². The maximum Gasteiger partial charge on any atom is 0.325 e. The molecular formula is C22H24BrN3O3. The summed E-state index contributed by atoms with van der Waals surface area (Å²) >= 11 is 3.43. The van der Waals surface area contributed by atoms with Gasteiger partial charge < -0.3 is 10.6 Å². The Morgan fingerprint density at radius 1 is 1.17 bits per heavy atom. The third kappa shape index (κ3) is 4.05. The van der Waals surface area contributed by atoms with Gasteiger partial charge in [0.05, 0.1) is 6.04 Å². The lowest BCUT2D eigenvalue weighted by molar-refractivity contribution is -0.135. The van der Waals surface area contributed by atoms with E-state index in [9.17, 15) is 14.4 Å². The Bertz CT molecular complexity index is 991. The predicted molar refractivity (Wildman–Crippen MR) is 114 cm³/mol. The van der Waals surface area contributed by atoms with Gasteiger partial charge in [-0.25, -0.2) is 4.79 Å². The first kappa shape index (κ1) is 21.0. The number of halogens is 1. The molecule has 7 heteroatoms. The monoisotopic (exact) mass is 457 g/mol. The average molecular weight is 458 g/mol. The smallest absolute Gasteiger partial charge is 0.325 e. The van der Waals surface area contributed by atoms with Crippen molar-refractivity contribution in [3.8, 4) is 0 Å². The third-order valence-electron chi connectivity index (χ3n) is 5.40. The van der Waals surface area contributed by atoms with Gasteiger partial charge in [-0.15, -0.1) is 0 Å². The van der Waals surface area contributed by atoms with Crippen molar-refractivity contribution in [1.82, 2.24) is 15.5 Å². The minimum Gasteiger partial charge on any atom is -0.348 e. The van der Waals surface area contributed by atoms with Crippen molar-refractivity contribution in [3.05, 3.63) is 69.2 Å². The second-order valence-electron chi connectivity index (χ2n) is 7.56. The van der Waals surface area contributed by atoms with Crippen LogP contribution in [0.5, 0.6) is 0 Å². The molecule has 1 heterocycles. The van der Waals surface area contributed by atoms with Gasteiger partial charge in [-0.3, -0.25) is 14.5 Å². The van der Waals surface area contributed by atoms with Gasteiger partial charge in [0.1, 0.15) is 12.1 Å². The van der Waals surface area contributed by atoms with Crippen molar-refractivity contribution < 1.29 is 14.4 Å². The number of amides is 4. The van der Waals surface area contributed by atoms with Gasteiger partial charge in [0.15, 0.2) is 0 Å². The highest BCUT2D eigenvalue weighted by Crippen LogP contribution is 2.33. The van der Waals surface area contributed by atoms with Gasteiger partial charge in [-0.2, -0.15) is 0 Å². The van der Waals surface area contributed by atoms with Crippen molar-refractivity contribution >= 4 is 33.8 Å². The molecule has 2 unspecified atom stereocenters. The van der Waals surface area contributed by atoms with E-state index >= 15 is 0 Å². The molecule has 2 N–H and O–H groups in total. The topological polar surface area (TPSA) is 78.5 Å². The molecule has 0 saturated carbocycles. The summed E-state index contributed by atoms with van der Waals surface area (Å²) in [4.78, 5) is 39.0. The van der Waals surface area contributed by atoms with Crippen LogP contribution in [0, 0.1) is 13.8 Å². The summed E-state index contributed by atoms with van der Waals surface area (Å²) in [6.45, 7) is 7.23. The van der Waals surface area contributed by atoms with E-state index in [1.807, 2.05) is 45.0 Å². The summed E-state index contributed by atoms with van der Waals surface area (Å²) in [5.41, 5.74) is 2.71. The number of urea groups is 1. The van der Waals surface area contributed by atoms with Crippen LogP contribution in [-0.2, 0) is 15.1 Å². The summed E-state index contributed by atoms with van der Waals surface area (Å²) in [6, 6.07) is 12.4. The number of imide groups is 1. The van der Waals surface area contributed by atoms with Crippen LogP contribution >= 0.6 is 15.9 Å². The Morgan fingerprint density at radius 2 is 1.86 bits per heavy atom. The Kier molecular flexibility index (Phi) is 5.80. The standard InChI is InChI=1S/C22H24BrN3O3/c1-13-9-10-16(11-14(13)2)15(3)24-19(27)12-26-20(28)22(4,25-21(26)29)17-7-5-6-8-18(17)23/h5-11,15H,12H2,1-4H3,(H,24,27)(H,25,29). The van der Waals surface area contributed by atoms with Crippen molar-refractivity contribution in [3.63, 3.8) is 0 Å². The van der Waals surface area contributed by atoms with E-state index in [0.717, 1.165) is 16.0 Å². The molecule has 6 nitrogen and oxygen atoms in total. The quantitative estimate of drug-likeness (QED) is 0.671. The lowest BCUT2D eigenvalue weighted by Gasteiger charge is -2.23. The summed E-state index contributed by atoms with van der Waals surface area (Å²) in [7, 11) is 0. The second-order valence-corrected chi connectivity index (χ2v) is 8.41. The summed E-state index contributed by atoms with van der Waals surface area (Å²) in [5.74, 6) is -0.848. The minimum atomic E-state index is -1.23. The Labute approximate surface area is 178 Å². The van der Waals surface area contributed by atoms with Crippen LogP contribution < -0.4 is 10.6 Å². The number of benzene rings is 2. The molecule has 1 aliphatic rings. The van der Waals surface area contributed by atoms with Gasteiger partial charge >= 0.3 is 6.03 Å². The number of rotatable bonds is 5. The Balaban J connectivity index is 1.72. The lowest BCUT2D eigenvalue weighted by atomic mass is 9.92. The van der Waals surface area contributed by atoms with Gasteiger partial charge in [0.25, 0.3) is 5.91 Å². The number of hydrogen-bond donors (Lipinski definition) is 2. The molecule has 2 aromatic carbocycles. The first-order valence-corrected chi connectivity index (χ1v) is 10.2. The molecule has 2 aromatic rings. The molecular weight excluding hydrogens is 434 g/mol. The highest BCUT2D eigenvalue weighted by Gasteiger charge is 2.50. The first-order chi connectivity index (χ1) is 13.6. The van der Waals surface area contributed by atoms with Gasteiger partial charge in [-0.1, -0.05) is 52.3 Å². The largest absolute Gasteiger partial charge is 0.348 e. The minimum absolute atomic E-state index is 0.239. The molecule has 2 atom stereocenters. The highest BCUT2D eigenvalue weighted by molar-refractivity contribution is 9.10. The zero-order chi connectivity index (χ0) is 21.3.